The second-order valence-corrected chi connectivity index (χ2v) is 6.57. The van der Waals surface area contributed by atoms with Gasteiger partial charge in [-0.05, 0) is 43.0 Å². The average Bonchev–Trinajstić information content (AvgIpc) is 2.70. The monoisotopic (exact) mass is 380 g/mol. The topological polar surface area (TPSA) is 89.8 Å². The summed E-state index contributed by atoms with van der Waals surface area (Å²) in [5.74, 6) is -0.957. The molecule has 0 fully saturated rings. The van der Waals surface area contributed by atoms with Crippen molar-refractivity contribution in [2.75, 3.05) is 18.1 Å². The van der Waals surface area contributed by atoms with Crippen LogP contribution in [0.3, 0.4) is 0 Å². The van der Waals surface area contributed by atoms with Gasteiger partial charge in [-0.25, -0.2) is 4.79 Å². The quantitative estimate of drug-likeness (QED) is 0.343. The summed E-state index contributed by atoms with van der Waals surface area (Å²) in [5, 5.41) is 10.9. The van der Waals surface area contributed by atoms with Gasteiger partial charge in [0.15, 0.2) is 6.61 Å². The fourth-order valence-electron chi connectivity index (χ4n) is 3.06. The maximum absolute atomic E-state index is 12.5. The van der Waals surface area contributed by atoms with Crippen LogP contribution in [0.1, 0.15) is 23.1 Å². The van der Waals surface area contributed by atoms with Gasteiger partial charge in [-0.3, -0.25) is 14.9 Å². The Hall–Kier alpha value is -3.48. The van der Waals surface area contributed by atoms with Gasteiger partial charge >= 0.3 is 5.97 Å². The lowest BCUT2D eigenvalue weighted by Gasteiger charge is -2.29. The molecule has 7 heteroatoms. The predicted molar refractivity (Wildman–Crippen MR) is 105 cm³/mol. The van der Waals surface area contributed by atoms with Crippen LogP contribution in [0.5, 0.6) is 0 Å². The van der Waals surface area contributed by atoms with Crippen molar-refractivity contribution in [3.8, 4) is 0 Å². The zero-order valence-corrected chi connectivity index (χ0v) is 15.5. The number of amides is 1. The number of carbonyl (C=O) groups excluding carboxylic acids is 2. The Kier molecular flexibility index (Phi) is 5.84. The summed E-state index contributed by atoms with van der Waals surface area (Å²) in [6, 6.07) is 12.1. The molecule has 0 atom stereocenters. The van der Waals surface area contributed by atoms with Crippen molar-refractivity contribution in [3.05, 3.63) is 75.3 Å². The maximum atomic E-state index is 12.5. The van der Waals surface area contributed by atoms with E-state index >= 15 is 0 Å². The molecule has 1 aliphatic rings. The number of carbonyl (C=O) groups is 2. The highest BCUT2D eigenvalue weighted by atomic mass is 16.6. The van der Waals surface area contributed by atoms with Crippen molar-refractivity contribution in [1.29, 1.82) is 0 Å². The third-order valence-electron chi connectivity index (χ3n) is 4.52. The Morgan fingerprint density at radius 1 is 1.21 bits per heavy atom. The smallest absolute Gasteiger partial charge is 0.331 e. The first kappa shape index (κ1) is 19.3. The maximum Gasteiger partial charge on any atom is 0.331 e. The third-order valence-corrected chi connectivity index (χ3v) is 4.52. The molecule has 0 radical (unpaired) electrons. The van der Waals surface area contributed by atoms with Gasteiger partial charge < -0.3 is 9.64 Å². The molecular weight excluding hydrogens is 360 g/mol. The molecule has 0 saturated heterocycles. The van der Waals surface area contributed by atoms with Crippen molar-refractivity contribution in [2.45, 2.75) is 19.8 Å². The summed E-state index contributed by atoms with van der Waals surface area (Å²) in [4.78, 5) is 36.3. The molecule has 1 aliphatic heterocycles. The van der Waals surface area contributed by atoms with E-state index in [2.05, 4.69) is 0 Å². The summed E-state index contributed by atoms with van der Waals surface area (Å²) in [6.07, 6.45) is 4.27. The number of esters is 1. The lowest BCUT2D eigenvalue weighted by atomic mass is 10.0. The molecular formula is C21H20N2O5. The van der Waals surface area contributed by atoms with Gasteiger partial charge in [-0.15, -0.1) is 0 Å². The van der Waals surface area contributed by atoms with E-state index in [1.165, 1.54) is 23.1 Å². The van der Waals surface area contributed by atoms with Crippen molar-refractivity contribution < 1.29 is 19.2 Å². The Bertz CT molecular complexity index is 934. The van der Waals surface area contributed by atoms with E-state index in [1.807, 2.05) is 31.2 Å². The molecule has 7 nitrogen and oxygen atoms in total. The second-order valence-electron chi connectivity index (χ2n) is 6.57. The average molecular weight is 380 g/mol. The van der Waals surface area contributed by atoms with E-state index < -0.39 is 10.9 Å². The Balaban J connectivity index is 1.60. The van der Waals surface area contributed by atoms with Crippen molar-refractivity contribution in [1.82, 2.24) is 0 Å². The number of rotatable bonds is 5. The largest absolute Gasteiger partial charge is 0.452 e. The Morgan fingerprint density at radius 3 is 2.68 bits per heavy atom. The van der Waals surface area contributed by atoms with E-state index in [0.29, 0.717) is 25.1 Å². The number of benzene rings is 2. The molecule has 0 N–H and O–H groups in total. The van der Waals surface area contributed by atoms with Crippen LogP contribution < -0.4 is 4.90 Å². The lowest BCUT2D eigenvalue weighted by molar-refractivity contribution is -0.384. The summed E-state index contributed by atoms with van der Waals surface area (Å²) >= 11 is 0. The summed E-state index contributed by atoms with van der Waals surface area (Å²) in [7, 11) is 0. The molecule has 3 rings (SSSR count). The first-order chi connectivity index (χ1) is 13.4. The fraction of sp³-hybridized carbons (Fsp3) is 0.238. The predicted octanol–water partition coefficient (Wildman–Crippen LogP) is 3.44. The molecule has 0 spiro atoms. The number of fused-ring (bicyclic) bond motifs is 1. The summed E-state index contributed by atoms with van der Waals surface area (Å²) in [5.41, 5.74) is 3.37. The third kappa shape index (κ3) is 4.62. The first-order valence-electron chi connectivity index (χ1n) is 8.93. The molecule has 0 saturated carbocycles. The lowest BCUT2D eigenvalue weighted by Crippen LogP contribution is -2.38. The number of hydrogen-bond acceptors (Lipinski definition) is 5. The minimum atomic E-state index is -0.602. The summed E-state index contributed by atoms with van der Waals surface area (Å²) < 4.78 is 5.05. The van der Waals surface area contributed by atoms with Crippen molar-refractivity contribution in [2.24, 2.45) is 0 Å². The minimum Gasteiger partial charge on any atom is -0.452 e. The minimum absolute atomic E-state index is 0.000666. The zero-order chi connectivity index (χ0) is 20.1. The Labute approximate surface area is 162 Å². The normalized spacial score (nSPS) is 13.2. The standard InChI is InChI=1S/C21H20N2O5/c1-15-4-6-16(7-5-15)8-11-21(25)28-14-20(24)22-12-2-3-17-13-18(23(26)27)9-10-19(17)22/h4-11,13H,2-3,12,14H2,1H3/b11-8+. The highest BCUT2D eigenvalue weighted by molar-refractivity contribution is 5.97. The van der Waals surface area contributed by atoms with Crippen LogP contribution in [0, 0.1) is 17.0 Å². The van der Waals surface area contributed by atoms with E-state index in [-0.39, 0.29) is 18.2 Å². The number of aryl methyl sites for hydroxylation is 2. The molecule has 0 bridgehead atoms. The number of anilines is 1. The number of ether oxygens (including phenoxy) is 1. The molecule has 0 aromatic heterocycles. The molecule has 0 aliphatic carbocycles. The SMILES string of the molecule is Cc1ccc(/C=C/C(=O)OCC(=O)N2CCCc3cc([N+](=O)[O-])ccc32)cc1. The van der Waals surface area contributed by atoms with Crippen LogP contribution in [-0.4, -0.2) is 30.0 Å². The number of nitro benzene ring substituents is 1. The molecule has 1 heterocycles. The molecule has 144 valence electrons. The number of nitro groups is 1. The van der Waals surface area contributed by atoms with E-state index in [0.717, 1.165) is 16.7 Å². The van der Waals surface area contributed by atoms with Gasteiger partial charge in [0.2, 0.25) is 0 Å². The second kappa shape index (κ2) is 8.47. The first-order valence-corrected chi connectivity index (χ1v) is 8.93. The molecule has 2 aromatic carbocycles. The van der Waals surface area contributed by atoms with Gasteiger partial charge in [0.1, 0.15) is 0 Å². The van der Waals surface area contributed by atoms with Crippen LogP contribution in [0.15, 0.2) is 48.5 Å². The van der Waals surface area contributed by atoms with E-state index in [4.69, 9.17) is 4.74 Å². The van der Waals surface area contributed by atoms with Gasteiger partial charge in [0.05, 0.1) is 4.92 Å². The highest BCUT2D eigenvalue weighted by Gasteiger charge is 2.24. The van der Waals surface area contributed by atoms with E-state index in [1.54, 1.807) is 12.1 Å². The van der Waals surface area contributed by atoms with E-state index in [9.17, 15) is 19.7 Å². The van der Waals surface area contributed by atoms with Gasteiger partial charge in [0, 0.05) is 30.4 Å². The van der Waals surface area contributed by atoms with Gasteiger partial charge in [-0.1, -0.05) is 29.8 Å². The highest BCUT2D eigenvalue weighted by Crippen LogP contribution is 2.30. The summed E-state index contributed by atoms with van der Waals surface area (Å²) in [6.45, 7) is 2.08. The molecule has 28 heavy (non-hydrogen) atoms. The number of non-ortho nitro benzene ring substituents is 1. The van der Waals surface area contributed by atoms with Gasteiger partial charge in [0.25, 0.3) is 11.6 Å². The van der Waals surface area contributed by atoms with Crippen molar-refractivity contribution >= 4 is 29.3 Å². The Morgan fingerprint density at radius 2 is 1.96 bits per heavy atom. The fourth-order valence-corrected chi connectivity index (χ4v) is 3.06. The molecule has 0 unspecified atom stereocenters. The number of nitrogens with zero attached hydrogens (tertiary/aromatic N) is 2. The van der Waals surface area contributed by atoms with Crippen molar-refractivity contribution in [3.63, 3.8) is 0 Å². The van der Waals surface area contributed by atoms with Crippen LogP contribution in [0.4, 0.5) is 11.4 Å². The number of hydrogen-bond donors (Lipinski definition) is 0. The molecule has 1 amide bonds. The zero-order valence-electron chi connectivity index (χ0n) is 15.5. The van der Waals surface area contributed by atoms with Crippen LogP contribution in [0.2, 0.25) is 0 Å². The van der Waals surface area contributed by atoms with Crippen LogP contribution in [0.25, 0.3) is 6.08 Å². The van der Waals surface area contributed by atoms with Crippen LogP contribution >= 0.6 is 0 Å². The van der Waals surface area contributed by atoms with Gasteiger partial charge in [-0.2, -0.15) is 0 Å². The van der Waals surface area contributed by atoms with Crippen LogP contribution in [-0.2, 0) is 20.7 Å². The molecule has 2 aromatic rings.